The zero-order valence-corrected chi connectivity index (χ0v) is 17.9. The van der Waals surface area contributed by atoms with Crippen LogP contribution in [0.4, 0.5) is 18.3 Å². The largest absolute Gasteiger partial charge is 0.434 e. The highest BCUT2D eigenvalue weighted by atomic mass is 32.1. The Morgan fingerprint density at radius 3 is 2.62 bits per heavy atom. The van der Waals surface area contributed by atoms with Crippen molar-refractivity contribution < 1.29 is 22.8 Å². The molecule has 1 aliphatic heterocycles. The van der Waals surface area contributed by atoms with Gasteiger partial charge in [0, 0.05) is 24.7 Å². The highest BCUT2D eigenvalue weighted by Gasteiger charge is 2.42. The third kappa shape index (κ3) is 4.52. The first kappa shape index (κ1) is 22.0. The summed E-state index contributed by atoms with van der Waals surface area (Å²) in [6.07, 6.45) is -1.24. The van der Waals surface area contributed by atoms with Gasteiger partial charge < -0.3 is 10.2 Å². The molecule has 4 rings (SSSR count). The Hall–Kier alpha value is -3.21. The summed E-state index contributed by atoms with van der Waals surface area (Å²) in [6.45, 7) is 2.12. The Morgan fingerprint density at radius 1 is 1.22 bits per heavy atom. The van der Waals surface area contributed by atoms with Crippen LogP contribution in [0.15, 0.2) is 42.0 Å². The predicted molar refractivity (Wildman–Crippen MR) is 113 cm³/mol. The molecule has 2 aromatic heterocycles. The summed E-state index contributed by atoms with van der Waals surface area (Å²) in [7, 11) is 0. The molecule has 11 heteroatoms. The van der Waals surface area contributed by atoms with Crippen LogP contribution in [-0.2, 0) is 11.0 Å². The maximum atomic E-state index is 13.9. The van der Waals surface area contributed by atoms with Gasteiger partial charge in [-0.25, -0.2) is 9.67 Å². The second-order valence-corrected chi connectivity index (χ2v) is 8.46. The molecule has 1 fully saturated rings. The van der Waals surface area contributed by atoms with E-state index in [1.54, 1.807) is 23.7 Å². The zero-order chi connectivity index (χ0) is 22.9. The number of hydrogen-bond acceptors (Lipinski definition) is 5. The minimum atomic E-state index is -4.79. The summed E-state index contributed by atoms with van der Waals surface area (Å²) in [5.74, 6) is -1.62. The van der Waals surface area contributed by atoms with E-state index in [9.17, 15) is 22.8 Å². The SMILES string of the molecule is Cc1ccc(-n2ncc(C(=O)N3CCCC(C(=O)Nc4nccs4)C3)c2C(F)(F)F)cc1. The van der Waals surface area contributed by atoms with Crippen LogP contribution in [-0.4, -0.2) is 44.6 Å². The van der Waals surface area contributed by atoms with E-state index in [1.165, 1.54) is 28.4 Å². The molecule has 0 bridgehead atoms. The van der Waals surface area contributed by atoms with Gasteiger partial charge >= 0.3 is 6.18 Å². The van der Waals surface area contributed by atoms with Crippen LogP contribution in [0.3, 0.4) is 0 Å². The monoisotopic (exact) mass is 463 g/mol. The number of likely N-dealkylation sites (tertiary alicyclic amines) is 1. The number of alkyl halides is 3. The Balaban J connectivity index is 1.58. The zero-order valence-electron chi connectivity index (χ0n) is 17.1. The number of nitrogens with one attached hydrogen (secondary N) is 1. The summed E-state index contributed by atoms with van der Waals surface area (Å²) in [5.41, 5.74) is -0.553. The number of hydrogen-bond donors (Lipinski definition) is 1. The van der Waals surface area contributed by atoms with Crippen LogP contribution >= 0.6 is 11.3 Å². The Labute approximate surface area is 185 Å². The van der Waals surface area contributed by atoms with E-state index < -0.39 is 29.3 Å². The number of carbonyl (C=O) groups is 2. The number of halogens is 3. The van der Waals surface area contributed by atoms with Gasteiger partial charge in [0.25, 0.3) is 5.91 Å². The van der Waals surface area contributed by atoms with Crippen molar-refractivity contribution in [1.82, 2.24) is 19.7 Å². The van der Waals surface area contributed by atoms with E-state index >= 15 is 0 Å². The van der Waals surface area contributed by atoms with Gasteiger partial charge in [-0.3, -0.25) is 9.59 Å². The van der Waals surface area contributed by atoms with Crippen molar-refractivity contribution in [2.45, 2.75) is 25.9 Å². The van der Waals surface area contributed by atoms with Crippen LogP contribution in [0, 0.1) is 12.8 Å². The number of carbonyl (C=O) groups excluding carboxylic acids is 2. The van der Waals surface area contributed by atoms with Crippen molar-refractivity contribution in [3.8, 4) is 5.69 Å². The molecule has 1 atom stereocenters. The minimum absolute atomic E-state index is 0.0308. The van der Waals surface area contributed by atoms with E-state index in [0.29, 0.717) is 18.0 Å². The summed E-state index contributed by atoms with van der Waals surface area (Å²) in [6, 6.07) is 6.39. The Kier molecular flexibility index (Phi) is 6.00. The lowest BCUT2D eigenvalue weighted by molar-refractivity contribution is -0.143. The molecule has 3 aromatic rings. The van der Waals surface area contributed by atoms with Crippen molar-refractivity contribution >= 4 is 28.3 Å². The van der Waals surface area contributed by atoms with Gasteiger partial charge in [0.2, 0.25) is 5.91 Å². The second-order valence-electron chi connectivity index (χ2n) is 7.57. The molecular weight excluding hydrogens is 443 g/mol. The molecule has 0 radical (unpaired) electrons. The number of thiazole rings is 1. The van der Waals surface area contributed by atoms with Crippen LogP contribution < -0.4 is 5.32 Å². The number of benzene rings is 1. The lowest BCUT2D eigenvalue weighted by atomic mass is 9.96. The number of anilines is 1. The first-order valence-corrected chi connectivity index (χ1v) is 10.8. The Morgan fingerprint density at radius 2 is 1.97 bits per heavy atom. The van der Waals surface area contributed by atoms with E-state index in [2.05, 4.69) is 15.4 Å². The molecule has 1 N–H and O–H groups in total. The summed E-state index contributed by atoms with van der Waals surface area (Å²) in [4.78, 5) is 30.9. The molecule has 168 valence electrons. The average Bonchev–Trinajstić information content (AvgIpc) is 3.43. The number of rotatable bonds is 4. The first-order valence-electron chi connectivity index (χ1n) is 9.96. The fourth-order valence-corrected chi connectivity index (χ4v) is 4.23. The highest BCUT2D eigenvalue weighted by molar-refractivity contribution is 7.13. The van der Waals surface area contributed by atoms with Crippen LogP contribution in [0.2, 0.25) is 0 Å². The Bertz CT molecular complexity index is 1110. The summed E-state index contributed by atoms with van der Waals surface area (Å²) >= 11 is 1.27. The quantitative estimate of drug-likeness (QED) is 0.631. The van der Waals surface area contributed by atoms with Gasteiger partial charge in [-0.05, 0) is 31.9 Å². The fourth-order valence-electron chi connectivity index (χ4n) is 3.70. The van der Waals surface area contributed by atoms with Crippen molar-refractivity contribution in [2.75, 3.05) is 18.4 Å². The number of nitrogens with zero attached hydrogens (tertiary/aromatic N) is 4. The number of piperidine rings is 1. The first-order chi connectivity index (χ1) is 15.2. The number of aromatic nitrogens is 3. The topological polar surface area (TPSA) is 80.1 Å². The van der Waals surface area contributed by atoms with Crippen molar-refractivity contribution in [1.29, 1.82) is 0 Å². The maximum Gasteiger partial charge on any atom is 0.434 e. The van der Waals surface area contributed by atoms with E-state index in [-0.39, 0.29) is 24.7 Å². The average molecular weight is 463 g/mol. The van der Waals surface area contributed by atoms with Gasteiger partial charge in [0.1, 0.15) is 0 Å². The normalized spacial score (nSPS) is 16.8. The molecule has 2 amide bonds. The van der Waals surface area contributed by atoms with Crippen molar-refractivity contribution in [2.24, 2.45) is 5.92 Å². The lowest BCUT2D eigenvalue weighted by Crippen LogP contribution is -2.44. The van der Waals surface area contributed by atoms with Gasteiger partial charge in [0.05, 0.1) is 23.4 Å². The van der Waals surface area contributed by atoms with E-state index in [0.717, 1.165) is 16.4 Å². The third-order valence-electron chi connectivity index (χ3n) is 5.29. The van der Waals surface area contributed by atoms with Gasteiger partial charge in [-0.2, -0.15) is 18.3 Å². The van der Waals surface area contributed by atoms with E-state index in [4.69, 9.17) is 0 Å². The molecule has 0 saturated carbocycles. The van der Waals surface area contributed by atoms with Gasteiger partial charge in [-0.1, -0.05) is 17.7 Å². The standard InChI is InChI=1S/C21H20F3N5O2S/c1-13-4-6-15(7-5-13)29-17(21(22,23)24)16(11-26-29)19(31)28-9-2-3-14(12-28)18(30)27-20-25-8-10-32-20/h4-8,10-11,14H,2-3,9,12H2,1H3,(H,25,27,30). The van der Waals surface area contributed by atoms with Crippen LogP contribution in [0.1, 0.15) is 34.5 Å². The molecule has 0 spiro atoms. The van der Waals surface area contributed by atoms with Gasteiger partial charge in [-0.15, -0.1) is 11.3 Å². The molecule has 32 heavy (non-hydrogen) atoms. The number of amides is 2. The van der Waals surface area contributed by atoms with Crippen LogP contribution in [0.5, 0.6) is 0 Å². The fraction of sp³-hybridized carbons (Fsp3) is 0.333. The maximum absolute atomic E-state index is 13.9. The third-order valence-corrected chi connectivity index (χ3v) is 5.98. The van der Waals surface area contributed by atoms with Crippen molar-refractivity contribution in [3.05, 3.63) is 58.9 Å². The van der Waals surface area contributed by atoms with E-state index in [1.807, 2.05) is 6.92 Å². The summed E-state index contributed by atoms with van der Waals surface area (Å²) < 4.78 is 42.6. The van der Waals surface area contributed by atoms with Crippen molar-refractivity contribution in [3.63, 3.8) is 0 Å². The molecular formula is C21H20F3N5O2S. The lowest BCUT2D eigenvalue weighted by Gasteiger charge is -2.32. The molecule has 1 aromatic carbocycles. The molecule has 0 aliphatic carbocycles. The predicted octanol–water partition coefficient (Wildman–Crippen LogP) is 4.15. The smallest absolute Gasteiger partial charge is 0.338 e. The molecule has 1 aliphatic rings. The summed E-state index contributed by atoms with van der Waals surface area (Å²) in [5, 5.41) is 8.72. The van der Waals surface area contributed by atoms with Crippen LogP contribution in [0.25, 0.3) is 5.69 Å². The number of aryl methyl sites for hydroxylation is 1. The minimum Gasteiger partial charge on any atom is -0.338 e. The molecule has 7 nitrogen and oxygen atoms in total. The second kappa shape index (κ2) is 8.73. The molecule has 3 heterocycles. The molecule has 1 saturated heterocycles. The highest BCUT2D eigenvalue weighted by Crippen LogP contribution is 2.35. The van der Waals surface area contributed by atoms with Gasteiger partial charge in [0.15, 0.2) is 10.8 Å². The molecule has 1 unspecified atom stereocenters.